The average Bonchev–Trinajstić information content (AvgIpc) is 2.43. The molecule has 0 bridgehead atoms. The van der Waals surface area contributed by atoms with Gasteiger partial charge >= 0.3 is 0 Å². The summed E-state index contributed by atoms with van der Waals surface area (Å²) in [4.78, 5) is 0. The Labute approximate surface area is 119 Å². The molecule has 1 aromatic carbocycles. The Hall–Kier alpha value is -1.61. The molecule has 1 atom stereocenters. The first-order valence-corrected chi connectivity index (χ1v) is 6.71. The SMILES string of the molecule is CC1(CNCC(O)COc2cccc(C#N)c2)COC1. The zero-order chi connectivity index (χ0) is 14.4. The van der Waals surface area contributed by atoms with Gasteiger partial charge in [0.1, 0.15) is 18.5 Å². The quantitative estimate of drug-likeness (QED) is 0.775. The highest BCUT2D eigenvalue weighted by molar-refractivity contribution is 5.36. The maximum Gasteiger partial charge on any atom is 0.120 e. The fraction of sp³-hybridized carbons (Fsp3) is 0.533. The summed E-state index contributed by atoms with van der Waals surface area (Å²) in [5.74, 6) is 0.599. The number of nitriles is 1. The molecule has 0 radical (unpaired) electrons. The maximum absolute atomic E-state index is 9.84. The minimum Gasteiger partial charge on any atom is -0.491 e. The Morgan fingerprint density at radius 3 is 3.00 bits per heavy atom. The highest BCUT2D eigenvalue weighted by atomic mass is 16.5. The number of hydrogen-bond donors (Lipinski definition) is 2. The lowest BCUT2D eigenvalue weighted by Crippen LogP contribution is -2.48. The summed E-state index contributed by atoms with van der Waals surface area (Å²) in [6.07, 6.45) is -0.578. The fourth-order valence-electron chi connectivity index (χ4n) is 2.00. The Morgan fingerprint density at radius 1 is 1.55 bits per heavy atom. The molecule has 20 heavy (non-hydrogen) atoms. The second-order valence-electron chi connectivity index (χ2n) is 5.54. The van der Waals surface area contributed by atoms with E-state index in [-0.39, 0.29) is 12.0 Å². The lowest BCUT2D eigenvalue weighted by Gasteiger charge is -2.38. The van der Waals surface area contributed by atoms with Crippen LogP contribution in [0.1, 0.15) is 12.5 Å². The third kappa shape index (κ3) is 4.20. The monoisotopic (exact) mass is 276 g/mol. The number of ether oxygens (including phenoxy) is 2. The number of nitrogens with zero attached hydrogens (tertiary/aromatic N) is 1. The third-order valence-corrected chi connectivity index (χ3v) is 3.24. The van der Waals surface area contributed by atoms with Gasteiger partial charge in [0.05, 0.1) is 24.8 Å². The molecular weight excluding hydrogens is 256 g/mol. The standard InChI is InChI=1S/C15H20N2O3/c1-15(10-19-11-15)9-17-7-13(18)8-20-14-4-2-3-12(5-14)6-16/h2-5,13,17-18H,7-11H2,1H3. The lowest BCUT2D eigenvalue weighted by atomic mass is 9.89. The van der Waals surface area contributed by atoms with Crippen LogP contribution in [0.3, 0.4) is 0 Å². The van der Waals surface area contributed by atoms with Gasteiger partial charge < -0.3 is 19.9 Å². The van der Waals surface area contributed by atoms with Crippen molar-refractivity contribution in [3.8, 4) is 11.8 Å². The molecule has 2 rings (SSSR count). The predicted octanol–water partition coefficient (Wildman–Crippen LogP) is 0.924. The van der Waals surface area contributed by atoms with Crippen molar-refractivity contribution in [2.24, 2.45) is 5.41 Å². The Balaban J connectivity index is 1.66. The molecule has 2 N–H and O–H groups in total. The van der Waals surface area contributed by atoms with Gasteiger partial charge in [0.15, 0.2) is 0 Å². The average molecular weight is 276 g/mol. The molecule has 1 aliphatic rings. The molecule has 5 heteroatoms. The van der Waals surface area contributed by atoms with E-state index in [0.717, 1.165) is 19.8 Å². The molecule has 1 saturated heterocycles. The summed E-state index contributed by atoms with van der Waals surface area (Å²) < 4.78 is 10.6. The van der Waals surface area contributed by atoms with E-state index in [9.17, 15) is 5.11 Å². The smallest absolute Gasteiger partial charge is 0.120 e. The molecule has 1 aliphatic heterocycles. The van der Waals surface area contributed by atoms with Crippen molar-refractivity contribution in [2.45, 2.75) is 13.0 Å². The number of nitrogens with one attached hydrogen (secondary N) is 1. The summed E-state index contributed by atoms with van der Waals surface area (Å²) >= 11 is 0. The van der Waals surface area contributed by atoms with Crippen LogP contribution < -0.4 is 10.1 Å². The first kappa shape index (κ1) is 14.8. The van der Waals surface area contributed by atoms with Crippen LogP contribution >= 0.6 is 0 Å². The Bertz CT molecular complexity index is 480. The number of hydrogen-bond acceptors (Lipinski definition) is 5. The van der Waals surface area contributed by atoms with Crippen molar-refractivity contribution in [2.75, 3.05) is 32.9 Å². The number of benzene rings is 1. The van der Waals surface area contributed by atoms with Gasteiger partial charge in [0.25, 0.3) is 0 Å². The van der Waals surface area contributed by atoms with E-state index in [0.29, 0.717) is 17.9 Å². The summed E-state index contributed by atoms with van der Waals surface area (Å²) in [6.45, 7) is 5.21. The number of aliphatic hydroxyl groups is 1. The number of aliphatic hydroxyl groups excluding tert-OH is 1. The van der Waals surface area contributed by atoms with Crippen LogP contribution in [-0.4, -0.2) is 44.1 Å². The number of rotatable bonds is 7. The van der Waals surface area contributed by atoms with Crippen molar-refractivity contribution in [3.63, 3.8) is 0 Å². The van der Waals surface area contributed by atoms with Gasteiger partial charge in [-0.25, -0.2) is 0 Å². The summed E-state index contributed by atoms with van der Waals surface area (Å²) in [5, 5.41) is 21.9. The molecule has 0 aliphatic carbocycles. The van der Waals surface area contributed by atoms with Gasteiger partial charge in [-0.15, -0.1) is 0 Å². The third-order valence-electron chi connectivity index (χ3n) is 3.24. The second-order valence-corrected chi connectivity index (χ2v) is 5.54. The Morgan fingerprint density at radius 2 is 2.35 bits per heavy atom. The summed E-state index contributed by atoms with van der Waals surface area (Å²) in [7, 11) is 0. The van der Waals surface area contributed by atoms with Gasteiger partial charge in [0, 0.05) is 18.5 Å². The molecule has 1 aromatic rings. The van der Waals surface area contributed by atoms with Gasteiger partial charge in [-0.3, -0.25) is 0 Å². The van der Waals surface area contributed by atoms with Gasteiger partial charge in [-0.2, -0.15) is 5.26 Å². The van der Waals surface area contributed by atoms with Crippen molar-refractivity contribution in [3.05, 3.63) is 29.8 Å². The molecule has 1 heterocycles. The summed E-state index contributed by atoms with van der Waals surface area (Å²) in [6, 6.07) is 8.96. The van der Waals surface area contributed by atoms with Crippen LogP contribution in [0, 0.1) is 16.7 Å². The zero-order valence-electron chi connectivity index (χ0n) is 11.6. The first-order chi connectivity index (χ1) is 9.61. The van der Waals surface area contributed by atoms with E-state index < -0.39 is 6.10 Å². The van der Waals surface area contributed by atoms with Crippen LogP contribution in [0.5, 0.6) is 5.75 Å². The second kappa shape index (κ2) is 6.71. The van der Waals surface area contributed by atoms with Crippen LogP contribution in [0.2, 0.25) is 0 Å². The Kier molecular flexibility index (Phi) is 4.96. The highest BCUT2D eigenvalue weighted by Crippen LogP contribution is 2.24. The molecule has 5 nitrogen and oxygen atoms in total. The maximum atomic E-state index is 9.84. The molecular formula is C15H20N2O3. The molecule has 1 fully saturated rings. The van der Waals surface area contributed by atoms with Gasteiger partial charge in [-0.05, 0) is 18.2 Å². The lowest BCUT2D eigenvalue weighted by molar-refractivity contribution is -0.0997. The predicted molar refractivity (Wildman–Crippen MR) is 74.5 cm³/mol. The minimum atomic E-state index is -0.578. The highest BCUT2D eigenvalue weighted by Gasteiger charge is 2.32. The summed E-state index contributed by atoms with van der Waals surface area (Å²) in [5.41, 5.74) is 0.745. The normalized spacial score (nSPS) is 17.9. The van der Waals surface area contributed by atoms with E-state index in [1.54, 1.807) is 24.3 Å². The van der Waals surface area contributed by atoms with E-state index in [2.05, 4.69) is 18.3 Å². The fourth-order valence-corrected chi connectivity index (χ4v) is 2.00. The van der Waals surface area contributed by atoms with Crippen LogP contribution in [0.25, 0.3) is 0 Å². The molecule has 1 unspecified atom stereocenters. The molecule has 0 amide bonds. The van der Waals surface area contributed by atoms with Crippen molar-refractivity contribution < 1.29 is 14.6 Å². The minimum absolute atomic E-state index is 0.196. The van der Waals surface area contributed by atoms with Crippen molar-refractivity contribution >= 4 is 0 Å². The largest absolute Gasteiger partial charge is 0.491 e. The molecule has 108 valence electrons. The van der Waals surface area contributed by atoms with E-state index in [4.69, 9.17) is 14.7 Å². The van der Waals surface area contributed by atoms with Crippen LogP contribution in [0.4, 0.5) is 0 Å². The first-order valence-electron chi connectivity index (χ1n) is 6.71. The molecule has 0 spiro atoms. The van der Waals surface area contributed by atoms with Crippen molar-refractivity contribution in [1.29, 1.82) is 5.26 Å². The zero-order valence-corrected chi connectivity index (χ0v) is 11.6. The van der Waals surface area contributed by atoms with Crippen LogP contribution in [0.15, 0.2) is 24.3 Å². The van der Waals surface area contributed by atoms with E-state index in [1.165, 1.54) is 0 Å². The van der Waals surface area contributed by atoms with E-state index >= 15 is 0 Å². The van der Waals surface area contributed by atoms with E-state index in [1.807, 2.05) is 0 Å². The molecule has 0 aromatic heterocycles. The van der Waals surface area contributed by atoms with Crippen LogP contribution in [-0.2, 0) is 4.74 Å². The van der Waals surface area contributed by atoms with Gasteiger partial charge in [-0.1, -0.05) is 13.0 Å². The molecule has 0 saturated carbocycles. The van der Waals surface area contributed by atoms with Gasteiger partial charge in [0.2, 0.25) is 0 Å². The van der Waals surface area contributed by atoms with Crippen molar-refractivity contribution in [1.82, 2.24) is 5.32 Å². The topological polar surface area (TPSA) is 74.5 Å².